The zero-order valence-electron chi connectivity index (χ0n) is 11.7. The fourth-order valence-corrected chi connectivity index (χ4v) is 2.01. The van der Waals surface area contributed by atoms with Crippen LogP contribution in [-0.4, -0.2) is 19.2 Å². The van der Waals surface area contributed by atoms with Crippen molar-refractivity contribution in [3.05, 3.63) is 46.7 Å². The molecule has 0 aliphatic heterocycles. The number of methoxy groups -OCH3 is 2. The molecule has 0 amide bonds. The molecule has 0 spiro atoms. The molecule has 0 saturated carbocycles. The maximum atomic E-state index is 6.06. The molecule has 1 N–H and O–H groups in total. The van der Waals surface area contributed by atoms with Crippen molar-refractivity contribution in [1.82, 2.24) is 4.98 Å². The highest BCUT2D eigenvalue weighted by molar-refractivity contribution is 6.31. The first-order valence-corrected chi connectivity index (χ1v) is 6.58. The predicted octanol–water partition coefficient (Wildman–Crippen LogP) is 3.67. The number of anilines is 1. The molecule has 106 valence electrons. The summed E-state index contributed by atoms with van der Waals surface area (Å²) in [5, 5.41) is 3.73. The second-order valence-corrected chi connectivity index (χ2v) is 4.78. The second-order valence-electron chi connectivity index (χ2n) is 4.43. The van der Waals surface area contributed by atoms with Crippen molar-refractivity contribution < 1.29 is 9.47 Å². The van der Waals surface area contributed by atoms with Crippen molar-refractivity contribution >= 4 is 17.3 Å². The maximum Gasteiger partial charge on any atom is 0.152 e. The molecule has 0 atom stereocenters. The van der Waals surface area contributed by atoms with Gasteiger partial charge in [-0.2, -0.15) is 0 Å². The molecule has 2 rings (SSSR count). The van der Waals surface area contributed by atoms with Gasteiger partial charge in [-0.05, 0) is 36.2 Å². The van der Waals surface area contributed by atoms with Gasteiger partial charge in [0, 0.05) is 18.8 Å². The minimum absolute atomic E-state index is 0.463. The zero-order valence-corrected chi connectivity index (χ0v) is 12.5. The summed E-state index contributed by atoms with van der Waals surface area (Å²) in [7, 11) is 3.26. The number of pyridine rings is 1. The number of nitrogens with zero attached hydrogens (tertiary/aromatic N) is 1. The minimum atomic E-state index is 0.463. The Kier molecular flexibility index (Phi) is 4.69. The van der Waals surface area contributed by atoms with Gasteiger partial charge >= 0.3 is 0 Å². The molecule has 0 radical (unpaired) electrons. The van der Waals surface area contributed by atoms with Crippen LogP contribution in [0.1, 0.15) is 11.1 Å². The second kappa shape index (κ2) is 6.48. The molecule has 1 heterocycles. The third-order valence-corrected chi connectivity index (χ3v) is 3.17. The van der Waals surface area contributed by atoms with Crippen molar-refractivity contribution in [1.29, 1.82) is 0 Å². The molecule has 0 aliphatic rings. The van der Waals surface area contributed by atoms with Gasteiger partial charge in [0.2, 0.25) is 0 Å². The summed E-state index contributed by atoms with van der Waals surface area (Å²) in [4.78, 5) is 4.11. The summed E-state index contributed by atoms with van der Waals surface area (Å²) in [6, 6.07) is 7.71. The van der Waals surface area contributed by atoms with Crippen LogP contribution < -0.4 is 14.8 Å². The Bertz CT molecular complexity index is 580. The summed E-state index contributed by atoms with van der Waals surface area (Å²) in [6.45, 7) is 2.58. The van der Waals surface area contributed by atoms with E-state index in [2.05, 4.69) is 10.3 Å². The van der Waals surface area contributed by atoms with Crippen molar-refractivity contribution in [2.75, 3.05) is 19.5 Å². The molecule has 0 saturated heterocycles. The number of nitrogens with one attached hydrogen (secondary N) is 1. The predicted molar refractivity (Wildman–Crippen MR) is 80.9 cm³/mol. The van der Waals surface area contributed by atoms with Crippen LogP contribution in [0.2, 0.25) is 5.15 Å². The van der Waals surface area contributed by atoms with Crippen LogP contribution >= 0.6 is 11.6 Å². The Morgan fingerprint density at radius 3 is 2.35 bits per heavy atom. The van der Waals surface area contributed by atoms with Crippen molar-refractivity contribution in [3.8, 4) is 11.5 Å². The molecule has 20 heavy (non-hydrogen) atoms. The van der Waals surface area contributed by atoms with E-state index in [4.69, 9.17) is 21.1 Å². The monoisotopic (exact) mass is 292 g/mol. The van der Waals surface area contributed by atoms with Crippen LogP contribution in [0.15, 0.2) is 30.5 Å². The molecule has 1 aromatic heterocycles. The van der Waals surface area contributed by atoms with Crippen LogP contribution in [0.25, 0.3) is 0 Å². The molecule has 0 aliphatic carbocycles. The van der Waals surface area contributed by atoms with Gasteiger partial charge in [-0.25, -0.2) is 4.98 Å². The van der Waals surface area contributed by atoms with Crippen molar-refractivity contribution in [3.63, 3.8) is 0 Å². The standard InChI is InChI=1S/C15H17ClN2O2/c1-10-4-14(15(16)18-8-10)17-9-11-5-12(19-2)7-13(6-11)20-3/h4-8,17H,9H2,1-3H3. The smallest absolute Gasteiger partial charge is 0.152 e. The van der Waals surface area contributed by atoms with Crippen LogP contribution in [0.3, 0.4) is 0 Å². The molecule has 4 nitrogen and oxygen atoms in total. The zero-order chi connectivity index (χ0) is 14.5. The van der Waals surface area contributed by atoms with E-state index in [0.29, 0.717) is 11.7 Å². The first-order chi connectivity index (χ1) is 9.62. The summed E-state index contributed by atoms with van der Waals surface area (Å²) in [5.41, 5.74) is 2.91. The van der Waals surface area contributed by atoms with Crippen LogP contribution in [0.4, 0.5) is 5.69 Å². The summed E-state index contributed by atoms with van der Waals surface area (Å²) >= 11 is 6.06. The third-order valence-electron chi connectivity index (χ3n) is 2.87. The van der Waals surface area contributed by atoms with E-state index in [1.165, 1.54) is 0 Å². The highest BCUT2D eigenvalue weighted by atomic mass is 35.5. The number of hydrogen-bond acceptors (Lipinski definition) is 4. The van der Waals surface area contributed by atoms with E-state index in [-0.39, 0.29) is 0 Å². The summed E-state index contributed by atoms with van der Waals surface area (Å²) in [5.74, 6) is 1.52. The molecule has 5 heteroatoms. The van der Waals surface area contributed by atoms with Gasteiger partial charge in [0.05, 0.1) is 19.9 Å². The number of rotatable bonds is 5. The number of aromatic nitrogens is 1. The van der Waals surface area contributed by atoms with E-state index in [1.54, 1.807) is 20.4 Å². The van der Waals surface area contributed by atoms with Gasteiger partial charge in [-0.1, -0.05) is 11.6 Å². The van der Waals surface area contributed by atoms with Gasteiger partial charge in [-0.3, -0.25) is 0 Å². The van der Waals surface area contributed by atoms with E-state index < -0.39 is 0 Å². The minimum Gasteiger partial charge on any atom is -0.497 e. The number of hydrogen-bond donors (Lipinski definition) is 1. The third kappa shape index (κ3) is 3.54. The maximum absolute atomic E-state index is 6.06. The average Bonchev–Trinajstić information content (AvgIpc) is 2.47. The first-order valence-electron chi connectivity index (χ1n) is 6.20. The lowest BCUT2D eigenvalue weighted by Crippen LogP contribution is -2.02. The quantitative estimate of drug-likeness (QED) is 0.854. The molecular formula is C15H17ClN2O2. The number of halogens is 1. The Hall–Kier alpha value is -1.94. The highest BCUT2D eigenvalue weighted by Crippen LogP contribution is 2.25. The van der Waals surface area contributed by atoms with Crippen molar-refractivity contribution in [2.45, 2.75) is 13.5 Å². The van der Waals surface area contributed by atoms with Gasteiger partial charge in [0.1, 0.15) is 11.5 Å². The van der Waals surface area contributed by atoms with E-state index in [1.807, 2.05) is 31.2 Å². The van der Waals surface area contributed by atoms with Crippen LogP contribution in [-0.2, 0) is 6.54 Å². The van der Waals surface area contributed by atoms with Gasteiger partial charge in [0.15, 0.2) is 5.15 Å². The molecule has 0 bridgehead atoms. The van der Waals surface area contributed by atoms with E-state index in [9.17, 15) is 0 Å². The first kappa shape index (κ1) is 14.5. The topological polar surface area (TPSA) is 43.4 Å². The van der Waals surface area contributed by atoms with Crippen molar-refractivity contribution in [2.24, 2.45) is 0 Å². The highest BCUT2D eigenvalue weighted by Gasteiger charge is 2.05. The lowest BCUT2D eigenvalue weighted by atomic mass is 10.2. The Balaban J connectivity index is 2.16. The molecule has 2 aromatic rings. The summed E-state index contributed by atoms with van der Waals surface area (Å²) < 4.78 is 10.5. The van der Waals surface area contributed by atoms with Gasteiger partial charge < -0.3 is 14.8 Å². The fraction of sp³-hybridized carbons (Fsp3) is 0.267. The fourth-order valence-electron chi connectivity index (χ4n) is 1.84. The SMILES string of the molecule is COc1cc(CNc2cc(C)cnc2Cl)cc(OC)c1. The summed E-state index contributed by atoms with van der Waals surface area (Å²) in [6.07, 6.45) is 1.74. The van der Waals surface area contributed by atoms with E-state index >= 15 is 0 Å². The normalized spacial score (nSPS) is 10.2. The van der Waals surface area contributed by atoms with Crippen LogP contribution in [0, 0.1) is 6.92 Å². The average molecular weight is 293 g/mol. The van der Waals surface area contributed by atoms with Gasteiger partial charge in [-0.15, -0.1) is 0 Å². The number of ether oxygens (including phenoxy) is 2. The number of aryl methyl sites for hydroxylation is 1. The van der Waals surface area contributed by atoms with Crippen LogP contribution in [0.5, 0.6) is 11.5 Å². The molecule has 1 aromatic carbocycles. The Morgan fingerprint density at radius 2 is 1.75 bits per heavy atom. The lowest BCUT2D eigenvalue weighted by Gasteiger charge is -2.11. The van der Waals surface area contributed by atoms with E-state index in [0.717, 1.165) is 28.3 Å². The molecular weight excluding hydrogens is 276 g/mol. The molecule has 0 unspecified atom stereocenters. The molecule has 0 fully saturated rings. The Labute approximate surface area is 123 Å². The lowest BCUT2D eigenvalue weighted by molar-refractivity contribution is 0.393. The van der Waals surface area contributed by atoms with Gasteiger partial charge in [0.25, 0.3) is 0 Å². The number of benzene rings is 1. The largest absolute Gasteiger partial charge is 0.497 e. The Morgan fingerprint density at radius 1 is 1.10 bits per heavy atom.